The molecule has 2 nitrogen and oxygen atoms in total. The molecule has 13 heavy (non-hydrogen) atoms. The molecule has 0 heterocycles. The number of carbonyl (C=O) groups excluding carboxylic acids is 1. The predicted octanol–water partition coefficient (Wildman–Crippen LogP) is 2.45. The zero-order chi connectivity index (χ0) is 10.1. The number of phenols is 1. The van der Waals surface area contributed by atoms with Crippen LogP contribution < -0.4 is 0 Å². The van der Waals surface area contributed by atoms with Crippen molar-refractivity contribution in [2.45, 2.75) is 19.6 Å². The average molecular weight is 194 g/mol. The average Bonchev–Trinajstić information content (AvgIpc) is 2.03. The Balaban J connectivity index is 2.97. The lowest BCUT2D eigenvalue weighted by Crippen LogP contribution is -2.33. The lowest BCUT2D eigenvalue weighted by atomic mass is 10.2. The molecule has 0 aliphatic carbocycles. The number of hydrogen-bond acceptors (Lipinski definition) is 2. The van der Waals surface area contributed by atoms with E-state index in [0.717, 1.165) is 0 Å². The van der Waals surface area contributed by atoms with Crippen molar-refractivity contribution < 1.29 is 9.90 Å². The zero-order valence-electron chi connectivity index (χ0n) is 8.16. The quantitative estimate of drug-likeness (QED) is 0.734. The van der Waals surface area contributed by atoms with E-state index < -0.39 is 8.07 Å². The van der Waals surface area contributed by atoms with E-state index in [1.807, 2.05) is 19.6 Å². The topological polar surface area (TPSA) is 37.3 Å². The van der Waals surface area contributed by atoms with Crippen LogP contribution in [0.4, 0.5) is 0 Å². The SMILES string of the molecule is C[Si](C)(C)C(=O)c1ccc(O)cc1. The van der Waals surface area contributed by atoms with E-state index in [2.05, 4.69) is 0 Å². The standard InChI is InChI=1S/C10H14O2Si/c1-13(2,3)10(12)8-4-6-9(11)7-5-8/h4-7,11H,1-3H3. The van der Waals surface area contributed by atoms with Crippen molar-refractivity contribution in [1.29, 1.82) is 0 Å². The van der Waals surface area contributed by atoms with Crippen molar-refractivity contribution in [3.05, 3.63) is 29.8 Å². The van der Waals surface area contributed by atoms with Gasteiger partial charge in [-0.05, 0) is 24.3 Å². The highest BCUT2D eigenvalue weighted by Gasteiger charge is 2.25. The van der Waals surface area contributed by atoms with Crippen LogP contribution in [0.2, 0.25) is 19.6 Å². The van der Waals surface area contributed by atoms with Gasteiger partial charge in [-0.2, -0.15) is 0 Å². The first kappa shape index (κ1) is 9.99. The van der Waals surface area contributed by atoms with E-state index in [1.54, 1.807) is 24.3 Å². The molecule has 1 aromatic rings. The molecule has 0 radical (unpaired) electrons. The van der Waals surface area contributed by atoms with Gasteiger partial charge in [0.1, 0.15) is 19.2 Å². The Kier molecular flexibility index (Phi) is 2.57. The maximum Gasteiger partial charge on any atom is 0.139 e. The summed E-state index contributed by atoms with van der Waals surface area (Å²) in [6, 6.07) is 6.45. The van der Waals surface area contributed by atoms with Gasteiger partial charge in [0.2, 0.25) is 0 Å². The first-order valence-corrected chi connectivity index (χ1v) is 7.75. The molecule has 3 heteroatoms. The molecule has 0 fully saturated rings. The van der Waals surface area contributed by atoms with Crippen LogP contribution in [0.15, 0.2) is 24.3 Å². The fourth-order valence-electron chi connectivity index (χ4n) is 1.05. The monoisotopic (exact) mass is 194 g/mol. The van der Waals surface area contributed by atoms with Gasteiger partial charge in [-0.1, -0.05) is 19.6 Å². The second-order valence-electron chi connectivity index (χ2n) is 4.13. The van der Waals surface area contributed by atoms with Gasteiger partial charge in [0.05, 0.1) is 0 Å². The molecule has 0 aliphatic rings. The maximum absolute atomic E-state index is 11.8. The second kappa shape index (κ2) is 3.34. The van der Waals surface area contributed by atoms with Gasteiger partial charge in [-0.25, -0.2) is 0 Å². The van der Waals surface area contributed by atoms with Crippen molar-refractivity contribution in [2.24, 2.45) is 0 Å². The predicted molar refractivity (Wildman–Crippen MR) is 55.8 cm³/mol. The van der Waals surface area contributed by atoms with Crippen molar-refractivity contribution in [3.8, 4) is 5.75 Å². The highest BCUT2D eigenvalue weighted by molar-refractivity contribution is 7.05. The molecule has 0 atom stereocenters. The number of phenolic OH excluding ortho intramolecular Hbond substituents is 1. The lowest BCUT2D eigenvalue weighted by Gasteiger charge is -2.13. The molecule has 0 saturated carbocycles. The molecule has 0 spiro atoms. The molecule has 1 rings (SSSR count). The molecule has 0 aromatic heterocycles. The highest BCUT2D eigenvalue weighted by Crippen LogP contribution is 2.15. The normalized spacial score (nSPS) is 11.3. The number of aromatic hydroxyl groups is 1. The molecule has 0 amide bonds. The number of benzene rings is 1. The van der Waals surface area contributed by atoms with Gasteiger partial charge in [0, 0.05) is 5.56 Å². The minimum atomic E-state index is -1.74. The smallest absolute Gasteiger partial charge is 0.139 e. The van der Waals surface area contributed by atoms with Gasteiger partial charge in [0.25, 0.3) is 0 Å². The summed E-state index contributed by atoms with van der Waals surface area (Å²) in [5.74, 6) is 0.201. The van der Waals surface area contributed by atoms with E-state index in [9.17, 15) is 4.79 Å². The fourth-order valence-corrected chi connectivity index (χ4v) is 2.08. The summed E-state index contributed by atoms with van der Waals surface area (Å²) in [4.78, 5) is 11.8. The van der Waals surface area contributed by atoms with E-state index in [-0.39, 0.29) is 11.2 Å². The largest absolute Gasteiger partial charge is 0.508 e. The summed E-state index contributed by atoms with van der Waals surface area (Å²) in [5.41, 5.74) is 0.706. The number of carbonyl (C=O) groups is 1. The maximum atomic E-state index is 11.8. The van der Waals surface area contributed by atoms with Gasteiger partial charge < -0.3 is 9.90 Å². The third-order valence-corrected chi connectivity index (χ3v) is 3.46. The molecule has 1 aromatic carbocycles. The van der Waals surface area contributed by atoms with Crippen LogP contribution in [-0.2, 0) is 0 Å². The van der Waals surface area contributed by atoms with Gasteiger partial charge in [0.15, 0.2) is 0 Å². The van der Waals surface area contributed by atoms with Crippen LogP contribution in [0.1, 0.15) is 10.4 Å². The first-order valence-electron chi connectivity index (χ1n) is 4.25. The molecule has 0 saturated heterocycles. The summed E-state index contributed by atoms with van der Waals surface area (Å²) >= 11 is 0. The van der Waals surface area contributed by atoms with Crippen molar-refractivity contribution in [2.75, 3.05) is 0 Å². The Morgan fingerprint density at radius 3 is 2.00 bits per heavy atom. The van der Waals surface area contributed by atoms with Crippen molar-refractivity contribution in [3.63, 3.8) is 0 Å². The first-order chi connectivity index (χ1) is 5.91. The minimum absolute atomic E-state index is 0.201. The Morgan fingerprint density at radius 1 is 1.15 bits per heavy atom. The molecule has 0 unspecified atom stereocenters. The lowest BCUT2D eigenvalue weighted by molar-refractivity contribution is 0.106. The third kappa shape index (κ3) is 2.42. The zero-order valence-corrected chi connectivity index (χ0v) is 9.16. The van der Waals surface area contributed by atoms with Crippen LogP contribution in [0, 0.1) is 0 Å². The summed E-state index contributed by atoms with van der Waals surface area (Å²) in [7, 11) is -1.74. The summed E-state index contributed by atoms with van der Waals surface area (Å²) in [6.07, 6.45) is 0. The number of rotatable bonds is 2. The van der Waals surface area contributed by atoms with Crippen LogP contribution >= 0.6 is 0 Å². The van der Waals surface area contributed by atoms with E-state index >= 15 is 0 Å². The minimum Gasteiger partial charge on any atom is -0.508 e. The summed E-state index contributed by atoms with van der Waals surface area (Å²) in [5, 5.41) is 9.27. The molecular weight excluding hydrogens is 180 g/mol. The highest BCUT2D eigenvalue weighted by atomic mass is 28.3. The van der Waals surface area contributed by atoms with E-state index in [1.165, 1.54) is 0 Å². The Bertz CT molecular complexity index is 309. The second-order valence-corrected chi connectivity index (χ2v) is 9.08. The Labute approximate surface area is 79.2 Å². The van der Waals surface area contributed by atoms with Crippen molar-refractivity contribution in [1.82, 2.24) is 0 Å². The van der Waals surface area contributed by atoms with Crippen LogP contribution in [0.25, 0.3) is 0 Å². The Morgan fingerprint density at radius 2 is 1.62 bits per heavy atom. The molecule has 0 bridgehead atoms. The third-order valence-electron chi connectivity index (χ3n) is 1.81. The summed E-state index contributed by atoms with van der Waals surface area (Å²) < 4.78 is 0. The molecule has 1 N–H and O–H groups in total. The summed E-state index contributed by atoms with van der Waals surface area (Å²) in [6.45, 7) is 6.05. The van der Waals surface area contributed by atoms with E-state index in [0.29, 0.717) is 5.56 Å². The molecule has 0 aliphatic heterocycles. The van der Waals surface area contributed by atoms with Crippen molar-refractivity contribution >= 4 is 13.5 Å². The van der Waals surface area contributed by atoms with Gasteiger partial charge in [-0.3, -0.25) is 0 Å². The van der Waals surface area contributed by atoms with Crippen LogP contribution in [0.5, 0.6) is 5.75 Å². The fraction of sp³-hybridized carbons (Fsp3) is 0.300. The van der Waals surface area contributed by atoms with Gasteiger partial charge >= 0.3 is 0 Å². The van der Waals surface area contributed by atoms with Crippen LogP contribution in [-0.4, -0.2) is 18.6 Å². The number of hydrogen-bond donors (Lipinski definition) is 1. The van der Waals surface area contributed by atoms with E-state index in [4.69, 9.17) is 5.11 Å². The van der Waals surface area contributed by atoms with Gasteiger partial charge in [-0.15, -0.1) is 0 Å². The van der Waals surface area contributed by atoms with Crippen LogP contribution in [0.3, 0.4) is 0 Å². The Hall–Kier alpha value is -1.09. The molecule has 70 valence electrons. The molecular formula is C10H14O2Si.